The van der Waals surface area contributed by atoms with Crippen molar-refractivity contribution in [3.8, 4) is 0 Å². The summed E-state index contributed by atoms with van der Waals surface area (Å²) in [7, 11) is 1.87. The fourth-order valence-corrected chi connectivity index (χ4v) is 3.33. The van der Waals surface area contributed by atoms with Gasteiger partial charge in [-0.25, -0.2) is 0 Å². The Morgan fingerprint density at radius 2 is 1.67 bits per heavy atom. The zero-order valence-corrected chi connectivity index (χ0v) is 14.7. The van der Waals surface area contributed by atoms with E-state index >= 15 is 0 Å². The summed E-state index contributed by atoms with van der Waals surface area (Å²) < 4.78 is 0. The molecule has 3 heteroatoms. The van der Waals surface area contributed by atoms with Crippen LogP contribution in [0.3, 0.4) is 0 Å². The molecule has 0 aliphatic carbocycles. The van der Waals surface area contributed by atoms with E-state index in [0.29, 0.717) is 6.54 Å². The van der Waals surface area contributed by atoms with Gasteiger partial charge in [0, 0.05) is 37.9 Å². The maximum absolute atomic E-state index is 12.6. The van der Waals surface area contributed by atoms with Crippen LogP contribution in [0.5, 0.6) is 0 Å². The third-order valence-electron chi connectivity index (χ3n) is 4.80. The topological polar surface area (TPSA) is 23.6 Å². The first-order valence-electron chi connectivity index (χ1n) is 8.80. The SMILES string of the molecule is Cc1ccccc1C(=O)N(C)Cc1ccc(N2CCCCC2)cc1. The van der Waals surface area contributed by atoms with Gasteiger partial charge in [-0.2, -0.15) is 0 Å². The highest BCUT2D eigenvalue weighted by atomic mass is 16.2. The lowest BCUT2D eigenvalue weighted by Crippen LogP contribution is -2.29. The van der Waals surface area contributed by atoms with Crippen LogP contribution < -0.4 is 4.90 Å². The number of carbonyl (C=O) groups is 1. The van der Waals surface area contributed by atoms with Crippen molar-refractivity contribution in [2.24, 2.45) is 0 Å². The van der Waals surface area contributed by atoms with Crippen LogP contribution in [0.25, 0.3) is 0 Å². The Balaban J connectivity index is 1.65. The van der Waals surface area contributed by atoms with Gasteiger partial charge in [0.2, 0.25) is 0 Å². The molecule has 1 aliphatic heterocycles. The van der Waals surface area contributed by atoms with Crippen molar-refractivity contribution < 1.29 is 4.79 Å². The van der Waals surface area contributed by atoms with Crippen LogP contribution in [0.4, 0.5) is 5.69 Å². The Labute approximate surface area is 144 Å². The Morgan fingerprint density at radius 1 is 1.00 bits per heavy atom. The maximum Gasteiger partial charge on any atom is 0.254 e. The molecule has 1 saturated heterocycles. The number of benzene rings is 2. The minimum atomic E-state index is 0.0770. The lowest BCUT2D eigenvalue weighted by Gasteiger charge is -2.29. The number of nitrogens with zero attached hydrogens (tertiary/aromatic N) is 2. The van der Waals surface area contributed by atoms with Gasteiger partial charge in [0.15, 0.2) is 0 Å². The summed E-state index contributed by atoms with van der Waals surface area (Å²) in [6.45, 7) is 4.93. The molecule has 0 radical (unpaired) electrons. The third-order valence-corrected chi connectivity index (χ3v) is 4.80. The van der Waals surface area contributed by atoms with Crippen LogP contribution in [-0.2, 0) is 6.54 Å². The van der Waals surface area contributed by atoms with Crippen molar-refractivity contribution in [3.05, 3.63) is 65.2 Å². The van der Waals surface area contributed by atoms with Crippen LogP contribution in [0.15, 0.2) is 48.5 Å². The number of hydrogen-bond donors (Lipinski definition) is 0. The molecule has 1 fully saturated rings. The van der Waals surface area contributed by atoms with E-state index in [0.717, 1.165) is 24.2 Å². The van der Waals surface area contributed by atoms with Crippen LogP contribution in [0.1, 0.15) is 40.7 Å². The molecular weight excluding hydrogens is 296 g/mol. The lowest BCUT2D eigenvalue weighted by atomic mass is 10.1. The first-order chi connectivity index (χ1) is 11.6. The highest BCUT2D eigenvalue weighted by Crippen LogP contribution is 2.21. The summed E-state index contributed by atoms with van der Waals surface area (Å²) in [5.41, 5.74) is 4.27. The third kappa shape index (κ3) is 3.78. The van der Waals surface area contributed by atoms with E-state index in [1.807, 2.05) is 38.2 Å². The predicted octanol–water partition coefficient (Wildman–Crippen LogP) is 4.26. The van der Waals surface area contributed by atoms with Crippen molar-refractivity contribution in [1.29, 1.82) is 0 Å². The molecule has 0 spiro atoms. The summed E-state index contributed by atoms with van der Waals surface area (Å²) in [5.74, 6) is 0.0770. The first kappa shape index (κ1) is 16.6. The van der Waals surface area contributed by atoms with Gasteiger partial charge in [0.25, 0.3) is 5.91 Å². The second kappa shape index (κ2) is 7.52. The van der Waals surface area contributed by atoms with E-state index in [1.54, 1.807) is 4.90 Å². The van der Waals surface area contributed by atoms with E-state index in [1.165, 1.54) is 30.5 Å². The Morgan fingerprint density at radius 3 is 2.33 bits per heavy atom. The summed E-state index contributed by atoms with van der Waals surface area (Å²) in [6.07, 6.45) is 3.92. The quantitative estimate of drug-likeness (QED) is 0.840. The molecule has 1 amide bonds. The van der Waals surface area contributed by atoms with Crippen molar-refractivity contribution in [2.45, 2.75) is 32.7 Å². The van der Waals surface area contributed by atoms with Crippen LogP contribution >= 0.6 is 0 Å². The van der Waals surface area contributed by atoms with Crippen LogP contribution in [0, 0.1) is 6.92 Å². The number of aryl methyl sites for hydroxylation is 1. The highest BCUT2D eigenvalue weighted by Gasteiger charge is 2.14. The van der Waals surface area contributed by atoms with E-state index in [4.69, 9.17) is 0 Å². The van der Waals surface area contributed by atoms with Gasteiger partial charge in [0.05, 0.1) is 0 Å². The maximum atomic E-state index is 12.6. The van der Waals surface area contributed by atoms with Gasteiger partial charge in [-0.05, 0) is 55.5 Å². The highest BCUT2D eigenvalue weighted by molar-refractivity contribution is 5.95. The number of hydrogen-bond acceptors (Lipinski definition) is 2. The number of rotatable bonds is 4. The number of piperidine rings is 1. The van der Waals surface area contributed by atoms with E-state index < -0.39 is 0 Å². The molecule has 0 aromatic heterocycles. The van der Waals surface area contributed by atoms with Crippen LogP contribution in [-0.4, -0.2) is 30.9 Å². The van der Waals surface area contributed by atoms with E-state index in [-0.39, 0.29) is 5.91 Å². The minimum Gasteiger partial charge on any atom is -0.372 e. The molecule has 3 nitrogen and oxygen atoms in total. The van der Waals surface area contributed by atoms with Crippen molar-refractivity contribution in [1.82, 2.24) is 4.90 Å². The summed E-state index contributed by atoms with van der Waals surface area (Å²) in [4.78, 5) is 16.8. The number of carbonyl (C=O) groups excluding carboxylic acids is 1. The molecule has 0 saturated carbocycles. The molecule has 2 aromatic rings. The van der Waals surface area contributed by atoms with Gasteiger partial charge < -0.3 is 9.80 Å². The fraction of sp³-hybridized carbons (Fsp3) is 0.381. The zero-order chi connectivity index (χ0) is 16.9. The average Bonchev–Trinajstić information content (AvgIpc) is 2.63. The van der Waals surface area contributed by atoms with E-state index in [9.17, 15) is 4.79 Å². The van der Waals surface area contributed by atoms with Crippen molar-refractivity contribution in [2.75, 3.05) is 25.0 Å². The second-order valence-electron chi connectivity index (χ2n) is 6.69. The largest absolute Gasteiger partial charge is 0.372 e. The molecule has 3 rings (SSSR count). The molecule has 1 aliphatic rings. The first-order valence-corrected chi connectivity index (χ1v) is 8.80. The minimum absolute atomic E-state index is 0.0770. The molecule has 126 valence electrons. The summed E-state index contributed by atoms with van der Waals surface area (Å²) in [6, 6.07) is 16.4. The molecule has 0 N–H and O–H groups in total. The second-order valence-corrected chi connectivity index (χ2v) is 6.69. The molecule has 1 heterocycles. The molecular formula is C21H26N2O. The standard InChI is InChI=1S/C21H26N2O/c1-17-8-4-5-9-20(17)21(24)22(2)16-18-10-12-19(13-11-18)23-14-6-3-7-15-23/h4-5,8-13H,3,6-7,14-16H2,1-2H3. The Bertz CT molecular complexity index is 687. The Hall–Kier alpha value is -2.29. The zero-order valence-electron chi connectivity index (χ0n) is 14.7. The molecule has 0 unspecified atom stereocenters. The lowest BCUT2D eigenvalue weighted by molar-refractivity contribution is 0.0784. The smallest absolute Gasteiger partial charge is 0.254 e. The summed E-state index contributed by atoms with van der Waals surface area (Å²) >= 11 is 0. The van der Waals surface area contributed by atoms with Gasteiger partial charge in [0.1, 0.15) is 0 Å². The van der Waals surface area contributed by atoms with Crippen LogP contribution in [0.2, 0.25) is 0 Å². The van der Waals surface area contributed by atoms with Gasteiger partial charge in [-0.3, -0.25) is 4.79 Å². The van der Waals surface area contributed by atoms with Crippen molar-refractivity contribution >= 4 is 11.6 Å². The van der Waals surface area contributed by atoms with Crippen molar-refractivity contribution in [3.63, 3.8) is 0 Å². The molecule has 0 bridgehead atoms. The average molecular weight is 322 g/mol. The predicted molar refractivity (Wildman–Crippen MR) is 99.5 cm³/mol. The number of amides is 1. The fourth-order valence-electron chi connectivity index (χ4n) is 3.33. The van der Waals surface area contributed by atoms with Gasteiger partial charge >= 0.3 is 0 Å². The van der Waals surface area contributed by atoms with E-state index in [2.05, 4.69) is 29.2 Å². The molecule has 24 heavy (non-hydrogen) atoms. The number of anilines is 1. The van der Waals surface area contributed by atoms with Gasteiger partial charge in [-0.15, -0.1) is 0 Å². The van der Waals surface area contributed by atoms with Gasteiger partial charge in [-0.1, -0.05) is 30.3 Å². The monoisotopic (exact) mass is 322 g/mol. The molecule has 0 atom stereocenters. The Kier molecular flexibility index (Phi) is 5.19. The normalized spacial score (nSPS) is 14.5. The summed E-state index contributed by atoms with van der Waals surface area (Å²) in [5, 5.41) is 0. The molecule has 2 aromatic carbocycles.